The molecule has 0 fully saturated rings. The van der Waals surface area contributed by atoms with E-state index in [2.05, 4.69) is 234 Å². The van der Waals surface area contributed by atoms with Crippen molar-refractivity contribution in [2.45, 2.75) is 0 Å². The number of pyridine rings is 1. The third-order valence-electron chi connectivity index (χ3n) is 11.7. The van der Waals surface area contributed by atoms with E-state index in [0.29, 0.717) is 0 Å². The maximum Gasteiger partial charge on any atom is 0.180 e. The highest BCUT2D eigenvalue weighted by Crippen LogP contribution is 2.36. The van der Waals surface area contributed by atoms with Gasteiger partial charge in [-0.05, 0) is 51.1 Å². The van der Waals surface area contributed by atoms with Gasteiger partial charge in [-0.15, -0.1) is 0 Å². The normalized spacial score (nSPS) is 11.9. The van der Waals surface area contributed by atoms with Gasteiger partial charge in [0.15, 0.2) is 8.07 Å². The summed E-state index contributed by atoms with van der Waals surface area (Å²) in [5, 5.41) is 10.2. The van der Waals surface area contributed by atoms with Crippen molar-refractivity contribution in [3.8, 4) is 22.8 Å². The van der Waals surface area contributed by atoms with Crippen LogP contribution in [0, 0.1) is 0 Å². The maximum absolute atomic E-state index is 5.74. The summed E-state index contributed by atoms with van der Waals surface area (Å²) in [5.74, 6) is 0.878. The van der Waals surface area contributed by atoms with Gasteiger partial charge in [0.1, 0.15) is 5.82 Å². The Morgan fingerprint density at radius 3 is 1.16 bits per heavy atom. The summed E-state index contributed by atoms with van der Waals surface area (Å²) in [6, 6.07) is 82.0. The van der Waals surface area contributed by atoms with Gasteiger partial charge >= 0.3 is 0 Å². The lowest BCUT2D eigenvalue weighted by molar-refractivity contribution is 1.06. The first kappa shape index (κ1) is 33.1. The van der Waals surface area contributed by atoms with Gasteiger partial charge in [-0.1, -0.05) is 188 Å². The fraction of sp³-hybridized carbons (Fsp3) is 0. The van der Waals surface area contributed by atoms with Crippen LogP contribution in [0.15, 0.2) is 224 Å². The second-order valence-electron chi connectivity index (χ2n) is 14.7. The molecule has 0 spiro atoms. The molecule has 0 atom stereocenters. The summed E-state index contributed by atoms with van der Waals surface area (Å²) in [6.45, 7) is 0. The van der Waals surface area contributed by atoms with Crippen molar-refractivity contribution in [2.75, 3.05) is 0 Å². The van der Waals surface area contributed by atoms with Crippen LogP contribution in [0.3, 0.4) is 0 Å². The Morgan fingerprint density at radius 2 is 0.702 bits per heavy atom. The minimum Gasteiger partial charge on any atom is -0.309 e. The number of aromatic nitrogens is 3. The van der Waals surface area contributed by atoms with Gasteiger partial charge in [0.2, 0.25) is 0 Å². The van der Waals surface area contributed by atoms with E-state index in [4.69, 9.17) is 4.98 Å². The highest BCUT2D eigenvalue weighted by molar-refractivity contribution is 7.20. The van der Waals surface area contributed by atoms with Gasteiger partial charge in [0.25, 0.3) is 0 Å². The average Bonchev–Trinajstić information content (AvgIpc) is 3.81. The molecule has 0 saturated heterocycles. The number of fused-ring (bicyclic) bond motifs is 6. The van der Waals surface area contributed by atoms with Crippen LogP contribution in [-0.4, -0.2) is 22.2 Å². The summed E-state index contributed by atoms with van der Waals surface area (Å²) in [7, 11) is -2.92. The Kier molecular flexibility index (Phi) is 7.83. The number of hydrogen-bond acceptors (Lipinski definition) is 1. The zero-order chi connectivity index (χ0) is 37.8. The van der Waals surface area contributed by atoms with Gasteiger partial charge in [0.05, 0.1) is 33.4 Å². The zero-order valence-corrected chi connectivity index (χ0v) is 32.2. The Labute approximate surface area is 332 Å². The zero-order valence-electron chi connectivity index (χ0n) is 31.2. The van der Waals surface area contributed by atoms with Crippen molar-refractivity contribution in [3.63, 3.8) is 0 Å². The van der Waals surface area contributed by atoms with Crippen LogP contribution in [-0.2, 0) is 0 Å². The Morgan fingerprint density at radius 1 is 0.333 bits per heavy atom. The van der Waals surface area contributed by atoms with Crippen molar-refractivity contribution in [1.82, 2.24) is 14.1 Å². The van der Waals surface area contributed by atoms with E-state index in [9.17, 15) is 0 Å². The van der Waals surface area contributed by atoms with Gasteiger partial charge in [-0.3, -0.25) is 4.57 Å². The first-order valence-corrected chi connectivity index (χ1v) is 21.6. The summed E-state index contributed by atoms with van der Waals surface area (Å²) in [6.07, 6.45) is 0. The van der Waals surface area contributed by atoms with Crippen LogP contribution in [0.2, 0.25) is 0 Å². The quantitative estimate of drug-likeness (QED) is 0.118. The summed E-state index contributed by atoms with van der Waals surface area (Å²) >= 11 is 0. The highest BCUT2D eigenvalue weighted by Gasteiger charge is 2.43. The molecule has 0 N–H and O–H groups in total. The molecule has 57 heavy (non-hydrogen) atoms. The SMILES string of the molecule is c1ccc([Si](c2ccccc2)(c2ccccc2)c2ccccc2-c2cc(-n3c4ccccc4c4ccccc43)cc(-n3c4ccccc4c4ccccc43)n2)cc1. The number of hydrogen-bond donors (Lipinski definition) is 0. The minimum absolute atomic E-state index is 0.878. The Hall–Kier alpha value is -7.27. The second kappa shape index (κ2) is 13.5. The fourth-order valence-electron chi connectivity index (χ4n) is 9.32. The molecule has 8 aromatic carbocycles. The van der Waals surface area contributed by atoms with E-state index in [-0.39, 0.29) is 0 Å². The van der Waals surface area contributed by atoms with Crippen LogP contribution in [0.1, 0.15) is 0 Å². The largest absolute Gasteiger partial charge is 0.309 e. The van der Waals surface area contributed by atoms with Gasteiger partial charge in [-0.25, -0.2) is 4.98 Å². The van der Waals surface area contributed by atoms with E-state index in [0.717, 1.165) is 33.8 Å². The first-order chi connectivity index (χ1) is 28.3. The Bertz CT molecular complexity index is 2900. The van der Waals surface area contributed by atoms with Crippen molar-refractivity contribution in [1.29, 1.82) is 0 Å². The van der Waals surface area contributed by atoms with Crippen molar-refractivity contribution in [2.24, 2.45) is 0 Å². The fourth-order valence-corrected chi connectivity index (χ4v) is 14.3. The van der Waals surface area contributed by atoms with E-state index in [1.807, 2.05) is 0 Å². The predicted octanol–water partition coefficient (Wildman–Crippen LogP) is 10.3. The third-order valence-corrected chi connectivity index (χ3v) is 16.5. The van der Waals surface area contributed by atoms with Crippen molar-refractivity contribution >= 4 is 72.4 Å². The lowest BCUT2D eigenvalue weighted by Gasteiger charge is -2.36. The minimum atomic E-state index is -2.92. The van der Waals surface area contributed by atoms with Gasteiger partial charge in [0, 0.05) is 33.2 Å². The van der Waals surface area contributed by atoms with E-state index in [1.54, 1.807) is 0 Å². The molecule has 0 aliphatic heterocycles. The van der Waals surface area contributed by atoms with Crippen LogP contribution in [0.25, 0.3) is 66.4 Å². The van der Waals surface area contributed by atoms with Crippen molar-refractivity contribution in [3.05, 3.63) is 224 Å². The number of nitrogens with zero attached hydrogens (tertiary/aromatic N) is 3. The topological polar surface area (TPSA) is 22.8 Å². The summed E-state index contributed by atoms with van der Waals surface area (Å²) in [5.41, 5.74) is 7.72. The molecule has 0 saturated carbocycles. The molecule has 3 nitrogen and oxygen atoms in total. The highest BCUT2D eigenvalue weighted by atomic mass is 28.3. The van der Waals surface area contributed by atoms with Gasteiger partial charge < -0.3 is 4.57 Å². The predicted molar refractivity (Wildman–Crippen MR) is 242 cm³/mol. The van der Waals surface area contributed by atoms with Crippen molar-refractivity contribution < 1.29 is 0 Å². The van der Waals surface area contributed by atoms with E-state index >= 15 is 0 Å². The number of para-hydroxylation sites is 4. The molecule has 3 aromatic heterocycles. The molecule has 0 amide bonds. The van der Waals surface area contributed by atoms with Crippen LogP contribution in [0.5, 0.6) is 0 Å². The molecular formula is C53H37N3Si. The van der Waals surface area contributed by atoms with Crippen LogP contribution >= 0.6 is 0 Å². The maximum atomic E-state index is 5.74. The molecule has 11 aromatic rings. The molecule has 4 heteroatoms. The smallest absolute Gasteiger partial charge is 0.180 e. The molecule has 268 valence electrons. The molecule has 0 unspecified atom stereocenters. The molecule has 0 aliphatic rings. The average molecular weight is 744 g/mol. The van der Waals surface area contributed by atoms with E-state index in [1.165, 1.54) is 53.3 Å². The first-order valence-electron chi connectivity index (χ1n) is 19.6. The van der Waals surface area contributed by atoms with E-state index < -0.39 is 8.07 Å². The Balaban J connectivity index is 1.28. The van der Waals surface area contributed by atoms with Crippen LogP contribution in [0.4, 0.5) is 0 Å². The third kappa shape index (κ3) is 5.15. The number of benzene rings is 8. The molecule has 0 bridgehead atoms. The standard InChI is InChI=1S/C53H37N3Si/c1-4-20-39(21-5-1)57(40-22-6-2-7-23-40,41-24-8-3-9-25-41)52-35-19-14-30-46(52)47-36-38(55-48-31-15-10-26-42(48)43-27-11-16-32-49(43)55)37-53(54-47)56-50-33-17-12-28-44(50)45-29-13-18-34-51(45)56/h1-37H. The lowest BCUT2D eigenvalue weighted by Crippen LogP contribution is -2.75. The molecular weight excluding hydrogens is 707 g/mol. The molecule has 0 aliphatic carbocycles. The number of rotatable bonds is 7. The lowest BCUT2D eigenvalue weighted by atomic mass is 10.1. The molecule has 3 heterocycles. The van der Waals surface area contributed by atoms with Gasteiger partial charge in [-0.2, -0.15) is 0 Å². The van der Waals surface area contributed by atoms with Crippen LogP contribution < -0.4 is 20.7 Å². The molecule has 11 rings (SSSR count). The summed E-state index contributed by atoms with van der Waals surface area (Å²) < 4.78 is 4.77. The second-order valence-corrected chi connectivity index (χ2v) is 18.5. The molecule has 0 radical (unpaired) electrons. The summed E-state index contributed by atoms with van der Waals surface area (Å²) in [4.78, 5) is 5.74. The monoisotopic (exact) mass is 743 g/mol.